The van der Waals surface area contributed by atoms with Crippen LogP contribution in [-0.4, -0.2) is 48.9 Å². The molecule has 2 saturated heterocycles. The molecule has 2 amide bonds. The Kier molecular flexibility index (Phi) is 5.08. The zero-order chi connectivity index (χ0) is 19.8. The third-order valence-electron chi connectivity index (χ3n) is 5.55. The van der Waals surface area contributed by atoms with Crippen LogP contribution in [0, 0.1) is 12.7 Å². The molecule has 4 rings (SSSR count). The lowest BCUT2D eigenvalue weighted by Gasteiger charge is -2.38. The van der Waals surface area contributed by atoms with Crippen molar-refractivity contribution < 1.29 is 14.0 Å². The highest BCUT2D eigenvalue weighted by atomic mass is 35.5. The molecule has 0 saturated carbocycles. The molecule has 2 aliphatic rings. The predicted molar refractivity (Wildman–Crippen MR) is 107 cm³/mol. The summed E-state index contributed by atoms with van der Waals surface area (Å²) in [6, 6.07) is 11.2. The summed E-state index contributed by atoms with van der Waals surface area (Å²) < 4.78 is 13.1. The van der Waals surface area contributed by atoms with Crippen LogP contribution in [0.2, 0.25) is 5.02 Å². The second-order valence-corrected chi connectivity index (χ2v) is 7.58. The minimum absolute atomic E-state index is 0.182. The van der Waals surface area contributed by atoms with Gasteiger partial charge in [0.2, 0.25) is 5.91 Å². The summed E-state index contributed by atoms with van der Waals surface area (Å²) in [7, 11) is 0. The summed E-state index contributed by atoms with van der Waals surface area (Å²) in [6.45, 7) is 4.60. The van der Waals surface area contributed by atoms with Gasteiger partial charge < -0.3 is 4.90 Å². The van der Waals surface area contributed by atoms with Gasteiger partial charge in [0.05, 0.1) is 18.2 Å². The second-order valence-electron chi connectivity index (χ2n) is 7.17. The molecule has 1 atom stereocenters. The van der Waals surface area contributed by atoms with E-state index < -0.39 is 6.04 Å². The first kappa shape index (κ1) is 18.9. The molecular formula is C21H21ClFN3O2. The van der Waals surface area contributed by atoms with E-state index in [0.29, 0.717) is 23.8 Å². The molecule has 0 spiro atoms. The zero-order valence-electron chi connectivity index (χ0n) is 15.6. The number of imide groups is 1. The van der Waals surface area contributed by atoms with Crippen molar-refractivity contribution in [3.05, 3.63) is 58.9 Å². The van der Waals surface area contributed by atoms with Crippen LogP contribution in [-0.2, 0) is 9.59 Å². The van der Waals surface area contributed by atoms with Crippen LogP contribution in [0.4, 0.5) is 15.8 Å². The first-order valence-electron chi connectivity index (χ1n) is 9.32. The van der Waals surface area contributed by atoms with Crippen molar-refractivity contribution in [1.29, 1.82) is 0 Å². The molecule has 7 heteroatoms. The van der Waals surface area contributed by atoms with Crippen molar-refractivity contribution in [3.63, 3.8) is 0 Å². The van der Waals surface area contributed by atoms with E-state index in [1.807, 2.05) is 6.92 Å². The number of amides is 2. The average molecular weight is 402 g/mol. The van der Waals surface area contributed by atoms with Crippen LogP contribution in [0.5, 0.6) is 0 Å². The first-order chi connectivity index (χ1) is 13.5. The molecule has 2 aromatic carbocycles. The maximum absolute atomic E-state index is 13.1. The van der Waals surface area contributed by atoms with Gasteiger partial charge in [-0.1, -0.05) is 17.7 Å². The fraction of sp³-hybridized carbons (Fsp3) is 0.333. The Bertz CT molecular complexity index is 910. The van der Waals surface area contributed by atoms with Gasteiger partial charge in [0.25, 0.3) is 5.91 Å². The molecule has 0 unspecified atom stereocenters. The highest BCUT2D eigenvalue weighted by Crippen LogP contribution is 2.32. The molecule has 146 valence electrons. The number of halogens is 2. The fourth-order valence-electron chi connectivity index (χ4n) is 3.94. The lowest BCUT2D eigenvalue weighted by atomic mass is 10.1. The number of hydrogen-bond acceptors (Lipinski definition) is 4. The maximum Gasteiger partial charge on any atom is 0.251 e. The Morgan fingerprint density at radius 2 is 1.68 bits per heavy atom. The number of carbonyl (C=O) groups excluding carboxylic acids is 2. The van der Waals surface area contributed by atoms with Gasteiger partial charge >= 0.3 is 0 Å². The van der Waals surface area contributed by atoms with E-state index in [0.717, 1.165) is 24.3 Å². The molecular weight excluding hydrogens is 381 g/mol. The van der Waals surface area contributed by atoms with Crippen LogP contribution in [0.3, 0.4) is 0 Å². The van der Waals surface area contributed by atoms with E-state index in [1.165, 1.54) is 17.0 Å². The Hall–Kier alpha value is -2.44. The highest BCUT2D eigenvalue weighted by Gasteiger charge is 2.43. The van der Waals surface area contributed by atoms with Crippen LogP contribution in [0.25, 0.3) is 0 Å². The summed E-state index contributed by atoms with van der Waals surface area (Å²) in [5.41, 5.74) is 2.26. The summed E-state index contributed by atoms with van der Waals surface area (Å²) in [6.07, 6.45) is 0.182. The summed E-state index contributed by atoms with van der Waals surface area (Å²) in [4.78, 5) is 31.2. The lowest BCUT2D eigenvalue weighted by molar-refractivity contribution is -0.123. The van der Waals surface area contributed by atoms with Gasteiger partial charge in [-0.3, -0.25) is 14.5 Å². The molecule has 0 aliphatic carbocycles. The normalized spacial score (nSPS) is 20.9. The quantitative estimate of drug-likeness (QED) is 0.741. The summed E-state index contributed by atoms with van der Waals surface area (Å²) in [5, 5.41) is 0.537. The number of anilines is 2. The molecule has 0 bridgehead atoms. The van der Waals surface area contributed by atoms with Crippen LogP contribution in [0.1, 0.15) is 12.0 Å². The lowest BCUT2D eigenvalue weighted by Crippen LogP contribution is -2.52. The molecule has 0 aromatic heterocycles. The van der Waals surface area contributed by atoms with Crippen LogP contribution < -0.4 is 9.80 Å². The predicted octanol–water partition coefficient (Wildman–Crippen LogP) is 3.24. The van der Waals surface area contributed by atoms with E-state index in [1.54, 1.807) is 30.3 Å². The largest absolute Gasteiger partial charge is 0.369 e. The first-order valence-corrected chi connectivity index (χ1v) is 9.70. The van der Waals surface area contributed by atoms with E-state index in [9.17, 15) is 14.0 Å². The van der Waals surface area contributed by atoms with Gasteiger partial charge in [-0.25, -0.2) is 9.29 Å². The minimum Gasteiger partial charge on any atom is -0.369 e. The van der Waals surface area contributed by atoms with Crippen molar-refractivity contribution in [2.45, 2.75) is 19.4 Å². The van der Waals surface area contributed by atoms with Crippen molar-refractivity contribution in [2.75, 3.05) is 36.0 Å². The summed E-state index contributed by atoms with van der Waals surface area (Å²) in [5.74, 6) is -0.638. The standard InChI is InChI=1S/C21H21ClFN3O2/c1-14-17(22)3-2-4-18(14)26-20(27)13-19(21(26)28)25-11-9-24(10-12-25)16-7-5-15(23)6-8-16/h2-8,19H,9-13H2,1H3/t19-/m0/s1. The van der Waals surface area contributed by atoms with E-state index in [-0.39, 0.29) is 24.1 Å². The van der Waals surface area contributed by atoms with E-state index in [2.05, 4.69) is 9.80 Å². The molecule has 2 aromatic rings. The molecule has 2 heterocycles. The number of benzene rings is 2. The van der Waals surface area contributed by atoms with Crippen molar-refractivity contribution >= 4 is 34.8 Å². The smallest absolute Gasteiger partial charge is 0.251 e. The van der Waals surface area contributed by atoms with Gasteiger partial charge in [-0.15, -0.1) is 0 Å². The van der Waals surface area contributed by atoms with Gasteiger partial charge in [0.1, 0.15) is 5.82 Å². The fourth-order valence-corrected chi connectivity index (χ4v) is 4.11. The number of piperazine rings is 1. The number of hydrogen-bond donors (Lipinski definition) is 0. The Labute approximate surface area is 168 Å². The van der Waals surface area contributed by atoms with Crippen molar-refractivity contribution in [2.24, 2.45) is 0 Å². The Morgan fingerprint density at radius 1 is 1.00 bits per heavy atom. The molecule has 0 N–H and O–H groups in total. The van der Waals surface area contributed by atoms with Crippen LogP contribution in [0.15, 0.2) is 42.5 Å². The maximum atomic E-state index is 13.1. The third-order valence-corrected chi connectivity index (χ3v) is 5.96. The number of rotatable bonds is 3. The second kappa shape index (κ2) is 7.53. The zero-order valence-corrected chi connectivity index (χ0v) is 16.3. The van der Waals surface area contributed by atoms with Crippen LogP contribution >= 0.6 is 11.6 Å². The van der Waals surface area contributed by atoms with E-state index in [4.69, 9.17) is 11.6 Å². The SMILES string of the molecule is Cc1c(Cl)cccc1N1C(=O)C[C@H](N2CCN(c3ccc(F)cc3)CC2)C1=O. The highest BCUT2D eigenvalue weighted by molar-refractivity contribution is 6.32. The third kappa shape index (κ3) is 3.38. The summed E-state index contributed by atoms with van der Waals surface area (Å²) >= 11 is 6.17. The molecule has 2 fully saturated rings. The van der Waals surface area contributed by atoms with Gasteiger partial charge in [-0.2, -0.15) is 0 Å². The van der Waals surface area contributed by atoms with Gasteiger partial charge in [-0.05, 0) is 48.9 Å². The Morgan fingerprint density at radius 3 is 2.36 bits per heavy atom. The minimum atomic E-state index is -0.443. The number of nitrogens with zero attached hydrogens (tertiary/aromatic N) is 3. The topological polar surface area (TPSA) is 43.9 Å². The average Bonchev–Trinajstić information content (AvgIpc) is 2.99. The van der Waals surface area contributed by atoms with Gasteiger partial charge in [0, 0.05) is 36.9 Å². The Balaban J connectivity index is 1.46. The molecule has 0 radical (unpaired) electrons. The van der Waals surface area contributed by atoms with Crippen molar-refractivity contribution in [3.8, 4) is 0 Å². The van der Waals surface area contributed by atoms with Gasteiger partial charge in [0.15, 0.2) is 0 Å². The number of carbonyl (C=O) groups is 2. The monoisotopic (exact) mass is 401 g/mol. The molecule has 28 heavy (non-hydrogen) atoms. The molecule has 2 aliphatic heterocycles. The van der Waals surface area contributed by atoms with Crippen molar-refractivity contribution in [1.82, 2.24) is 4.90 Å². The van der Waals surface area contributed by atoms with E-state index >= 15 is 0 Å². The molecule has 5 nitrogen and oxygen atoms in total.